The molecule has 0 aliphatic carbocycles. The third kappa shape index (κ3) is 9.48. The summed E-state index contributed by atoms with van der Waals surface area (Å²) in [5, 5.41) is 0. The van der Waals surface area contributed by atoms with Crippen LogP contribution in [-0.2, 0) is 38.5 Å². The summed E-state index contributed by atoms with van der Waals surface area (Å²) in [6.45, 7) is 2.28. The Labute approximate surface area is 287 Å². The van der Waals surface area contributed by atoms with Gasteiger partial charge in [0, 0.05) is 11.4 Å². The van der Waals surface area contributed by atoms with Crippen LogP contribution in [-0.4, -0.2) is 0 Å². The van der Waals surface area contributed by atoms with Crippen LogP contribution in [0.15, 0.2) is 140 Å². The fourth-order valence-corrected chi connectivity index (χ4v) is 6.52. The van der Waals surface area contributed by atoms with E-state index in [2.05, 4.69) is 122 Å². The maximum Gasteiger partial charge on any atom is 0.0314 e. The molecule has 48 heavy (non-hydrogen) atoms. The van der Waals surface area contributed by atoms with E-state index in [1.807, 2.05) is 24.3 Å². The second kappa shape index (κ2) is 16.2. The van der Waals surface area contributed by atoms with Crippen LogP contribution < -0.4 is 11.5 Å². The first kappa shape index (κ1) is 32.8. The molecular formula is C46H48N2. The highest BCUT2D eigenvalue weighted by Crippen LogP contribution is 2.23. The Balaban J connectivity index is 1.07. The quantitative estimate of drug-likeness (QED) is 0.0931. The monoisotopic (exact) mass is 628 g/mol. The van der Waals surface area contributed by atoms with Crippen molar-refractivity contribution in [1.82, 2.24) is 0 Å². The Hall–Kier alpha value is -5.08. The fourth-order valence-electron chi connectivity index (χ4n) is 6.52. The van der Waals surface area contributed by atoms with Gasteiger partial charge >= 0.3 is 0 Å². The average molecular weight is 629 g/mol. The molecule has 2 heteroatoms. The minimum Gasteiger partial charge on any atom is -0.399 e. The van der Waals surface area contributed by atoms with Crippen molar-refractivity contribution in [2.45, 2.75) is 64.7 Å². The van der Waals surface area contributed by atoms with Gasteiger partial charge in [0.05, 0.1) is 0 Å². The maximum atomic E-state index is 5.85. The predicted molar refractivity (Wildman–Crippen MR) is 205 cm³/mol. The molecule has 4 N–H and O–H groups in total. The molecule has 6 aromatic rings. The predicted octanol–water partition coefficient (Wildman–Crippen LogP) is 10.5. The van der Waals surface area contributed by atoms with Crippen molar-refractivity contribution in [3.8, 4) is 0 Å². The number of hydrogen-bond acceptors (Lipinski definition) is 2. The molecule has 0 fully saturated rings. The van der Waals surface area contributed by atoms with Crippen molar-refractivity contribution in [3.63, 3.8) is 0 Å². The van der Waals surface area contributed by atoms with Crippen LogP contribution in [0.4, 0.5) is 11.4 Å². The minimum atomic E-state index is 0.811. The molecule has 2 nitrogen and oxygen atoms in total. The number of nitrogens with two attached hydrogens (primary N) is 2. The highest BCUT2D eigenvalue weighted by atomic mass is 14.5. The number of rotatable bonds is 14. The number of nitrogen functional groups attached to an aromatic ring is 2. The van der Waals surface area contributed by atoms with Gasteiger partial charge in [-0.25, -0.2) is 0 Å². The van der Waals surface area contributed by atoms with E-state index in [4.69, 9.17) is 11.5 Å². The third-order valence-electron chi connectivity index (χ3n) is 9.38. The third-order valence-corrected chi connectivity index (χ3v) is 9.38. The van der Waals surface area contributed by atoms with Crippen LogP contribution in [0.2, 0.25) is 0 Å². The van der Waals surface area contributed by atoms with Crippen LogP contribution >= 0.6 is 0 Å². The summed E-state index contributed by atoms with van der Waals surface area (Å²) >= 11 is 0. The van der Waals surface area contributed by atoms with E-state index in [-0.39, 0.29) is 0 Å². The lowest BCUT2D eigenvalue weighted by Crippen LogP contribution is -2.00. The van der Waals surface area contributed by atoms with E-state index >= 15 is 0 Å². The first-order valence-electron chi connectivity index (χ1n) is 17.5. The molecule has 242 valence electrons. The summed E-state index contributed by atoms with van der Waals surface area (Å²) in [4.78, 5) is 0. The first-order chi connectivity index (χ1) is 23.5. The molecule has 6 rings (SSSR count). The minimum absolute atomic E-state index is 0.811. The van der Waals surface area contributed by atoms with E-state index in [0.29, 0.717) is 0 Å². The van der Waals surface area contributed by atoms with Crippen LogP contribution in [0.3, 0.4) is 0 Å². The van der Waals surface area contributed by atoms with Gasteiger partial charge in [0.1, 0.15) is 0 Å². The van der Waals surface area contributed by atoms with E-state index < -0.39 is 0 Å². The lowest BCUT2D eigenvalue weighted by Gasteiger charge is -2.13. The van der Waals surface area contributed by atoms with Crippen LogP contribution in [0.25, 0.3) is 0 Å². The molecule has 0 aromatic heterocycles. The number of aryl methyl sites for hydroxylation is 1. The molecular weight excluding hydrogens is 581 g/mol. The zero-order valence-corrected chi connectivity index (χ0v) is 28.3. The molecule has 0 aliphatic rings. The van der Waals surface area contributed by atoms with Gasteiger partial charge in [0.15, 0.2) is 0 Å². The molecule has 6 aromatic carbocycles. The van der Waals surface area contributed by atoms with Gasteiger partial charge in [-0.05, 0) is 130 Å². The van der Waals surface area contributed by atoms with Crippen molar-refractivity contribution < 1.29 is 0 Å². The second-order valence-corrected chi connectivity index (χ2v) is 13.4. The Morgan fingerprint density at radius 2 is 0.646 bits per heavy atom. The highest BCUT2D eigenvalue weighted by Gasteiger charge is 2.08. The maximum absolute atomic E-state index is 5.85. The standard InChI is InChI=1S/C46H48N2/c1-2-3-4-5-43-33-42(31-38-12-10-36(11-13-38)30-40-21-26-46(48)27-22-40)18-23-44(43)32-41-16-14-37(15-17-41)28-34-6-8-35(9-7-34)29-39-19-24-45(47)25-20-39/h6-27,33H,2-5,28-32,47-48H2,1H3. The molecule has 0 atom stereocenters. The molecule has 0 bridgehead atoms. The second-order valence-electron chi connectivity index (χ2n) is 13.4. The van der Waals surface area contributed by atoms with Gasteiger partial charge in [-0.1, -0.05) is 135 Å². The van der Waals surface area contributed by atoms with E-state index in [1.54, 1.807) is 0 Å². The number of anilines is 2. The lowest BCUT2D eigenvalue weighted by atomic mass is 9.92. The van der Waals surface area contributed by atoms with Crippen LogP contribution in [0.5, 0.6) is 0 Å². The summed E-state index contributed by atoms with van der Waals surface area (Å²) in [6.07, 6.45) is 9.63. The van der Waals surface area contributed by atoms with Gasteiger partial charge in [-0.2, -0.15) is 0 Å². The Morgan fingerprint density at radius 1 is 0.333 bits per heavy atom. The van der Waals surface area contributed by atoms with Crippen molar-refractivity contribution in [2.24, 2.45) is 0 Å². The zero-order chi connectivity index (χ0) is 33.1. The normalized spacial score (nSPS) is 11.1. The Bertz CT molecular complexity index is 1870. The van der Waals surface area contributed by atoms with Crippen molar-refractivity contribution in [1.29, 1.82) is 0 Å². The molecule has 0 spiro atoms. The van der Waals surface area contributed by atoms with Crippen molar-refractivity contribution >= 4 is 11.4 Å². The summed E-state index contributed by atoms with van der Waals surface area (Å²) in [5.41, 5.74) is 28.3. The van der Waals surface area contributed by atoms with Gasteiger partial charge in [0.25, 0.3) is 0 Å². The zero-order valence-electron chi connectivity index (χ0n) is 28.3. The van der Waals surface area contributed by atoms with Crippen molar-refractivity contribution in [2.75, 3.05) is 11.5 Å². The van der Waals surface area contributed by atoms with E-state index in [0.717, 1.165) is 49.9 Å². The van der Waals surface area contributed by atoms with Gasteiger partial charge in [-0.3, -0.25) is 0 Å². The molecule has 0 unspecified atom stereocenters. The summed E-state index contributed by atoms with van der Waals surface area (Å²) < 4.78 is 0. The molecule has 0 amide bonds. The van der Waals surface area contributed by atoms with Gasteiger partial charge in [-0.15, -0.1) is 0 Å². The van der Waals surface area contributed by atoms with E-state index in [9.17, 15) is 0 Å². The number of hydrogen-bond donors (Lipinski definition) is 2. The first-order valence-corrected chi connectivity index (χ1v) is 17.5. The van der Waals surface area contributed by atoms with E-state index in [1.165, 1.54) is 80.5 Å². The smallest absolute Gasteiger partial charge is 0.0314 e. The molecule has 0 heterocycles. The molecule has 0 aliphatic heterocycles. The summed E-state index contributed by atoms with van der Waals surface area (Å²) in [6, 6.07) is 50.9. The van der Waals surface area contributed by atoms with Crippen molar-refractivity contribution in [3.05, 3.63) is 201 Å². The highest BCUT2D eigenvalue weighted by molar-refractivity contribution is 5.43. The Kier molecular flexibility index (Phi) is 11.1. The molecule has 0 saturated carbocycles. The Morgan fingerprint density at radius 3 is 1.02 bits per heavy atom. The summed E-state index contributed by atoms with van der Waals surface area (Å²) in [5.74, 6) is 0. The molecule has 0 radical (unpaired) electrons. The van der Waals surface area contributed by atoms with Gasteiger partial charge < -0.3 is 11.5 Å². The lowest BCUT2D eigenvalue weighted by molar-refractivity contribution is 0.713. The fraction of sp³-hybridized carbons (Fsp3) is 0.217. The largest absolute Gasteiger partial charge is 0.399 e. The summed E-state index contributed by atoms with van der Waals surface area (Å²) in [7, 11) is 0. The van der Waals surface area contributed by atoms with Gasteiger partial charge in [0.2, 0.25) is 0 Å². The van der Waals surface area contributed by atoms with Crippen LogP contribution in [0.1, 0.15) is 87.4 Å². The SMILES string of the molecule is CCCCCc1cc(Cc2ccc(Cc3ccc(N)cc3)cc2)ccc1Cc1ccc(Cc2ccc(Cc3ccc(N)cc3)cc2)cc1. The van der Waals surface area contributed by atoms with Crippen LogP contribution in [0, 0.1) is 0 Å². The topological polar surface area (TPSA) is 52.0 Å². The number of benzene rings is 6. The molecule has 0 saturated heterocycles. The average Bonchev–Trinajstić information content (AvgIpc) is 3.10. The number of unbranched alkanes of at least 4 members (excludes halogenated alkanes) is 2.